The van der Waals surface area contributed by atoms with Crippen LogP contribution in [0.3, 0.4) is 0 Å². The van der Waals surface area contributed by atoms with E-state index in [0.717, 1.165) is 11.8 Å². The van der Waals surface area contributed by atoms with E-state index in [1.54, 1.807) is 0 Å². The van der Waals surface area contributed by atoms with Crippen molar-refractivity contribution in [2.24, 2.45) is 5.73 Å². The first-order valence-corrected chi connectivity index (χ1v) is 3.71. The molecule has 0 aromatic rings. The predicted octanol–water partition coefficient (Wildman–Crippen LogP) is 2.09. The molecule has 3 heteroatoms. The molecular formula is C5H13Br2N. The summed E-state index contributed by atoms with van der Waals surface area (Å²) in [6.45, 7) is 2.03. The number of hydrogen-bond donors (Lipinski definition) is 1. The van der Waals surface area contributed by atoms with Gasteiger partial charge in [0.25, 0.3) is 0 Å². The zero-order valence-corrected chi connectivity index (χ0v) is 8.36. The molecule has 0 spiro atoms. The maximum absolute atomic E-state index is 5.46. The Labute approximate surface area is 69.9 Å². The van der Waals surface area contributed by atoms with Gasteiger partial charge in [0.15, 0.2) is 0 Å². The van der Waals surface area contributed by atoms with Crippen LogP contribution in [-0.4, -0.2) is 11.4 Å². The fraction of sp³-hybridized carbons (Fsp3) is 1.00. The second-order valence-electron chi connectivity index (χ2n) is 1.81. The molecule has 1 unspecified atom stereocenters. The Kier molecular flexibility index (Phi) is 11.6. The predicted molar refractivity (Wildman–Crippen MR) is 47.0 cm³/mol. The van der Waals surface area contributed by atoms with Gasteiger partial charge in [0.05, 0.1) is 0 Å². The molecule has 0 fully saturated rings. The highest BCUT2D eigenvalue weighted by molar-refractivity contribution is 9.09. The van der Waals surface area contributed by atoms with Gasteiger partial charge in [-0.3, -0.25) is 0 Å². The number of hydrogen-bond acceptors (Lipinski definition) is 1. The molecule has 0 radical (unpaired) electrons. The molecule has 0 saturated heterocycles. The molecule has 0 amide bonds. The molecule has 0 rings (SSSR count). The molecule has 0 heterocycles. The summed E-state index contributed by atoms with van der Waals surface area (Å²) in [6.07, 6.45) is 2.32. The fourth-order valence-electron chi connectivity index (χ4n) is 0.399. The van der Waals surface area contributed by atoms with Crippen molar-refractivity contribution < 1.29 is 0 Å². The first kappa shape index (κ1) is 11.7. The van der Waals surface area contributed by atoms with Crippen molar-refractivity contribution in [3.8, 4) is 0 Å². The lowest BCUT2D eigenvalue weighted by molar-refractivity contribution is 0.658. The third-order valence-electron chi connectivity index (χ3n) is 0.793. The van der Waals surface area contributed by atoms with E-state index in [1.807, 2.05) is 6.92 Å². The quantitative estimate of drug-likeness (QED) is 0.759. The maximum atomic E-state index is 5.46. The standard InChI is InChI=1S/C5H12BrN.BrH/c1-5(7)3-2-4-6;/h5H,2-4,7H2,1H3;1H. The van der Waals surface area contributed by atoms with Gasteiger partial charge in [0.1, 0.15) is 0 Å². The van der Waals surface area contributed by atoms with Crippen molar-refractivity contribution in [3.05, 3.63) is 0 Å². The van der Waals surface area contributed by atoms with Crippen LogP contribution in [0.2, 0.25) is 0 Å². The summed E-state index contributed by atoms with van der Waals surface area (Å²) < 4.78 is 0. The Morgan fingerprint density at radius 2 is 2.12 bits per heavy atom. The van der Waals surface area contributed by atoms with Crippen LogP contribution in [0.1, 0.15) is 19.8 Å². The summed E-state index contributed by atoms with van der Waals surface area (Å²) in [6, 6.07) is 0.373. The lowest BCUT2D eigenvalue weighted by Gasteiger charge is -1.98. The lowest BCUT2D eigenvalue weighted by atomic mass is 10.2. The second-order valence-corrected chi connectivity index (χ2v) is 2.60. The van der Waals surface area contributed by atoms with E-state index in [2.05, 4.69) is 15.9 Å². The van der Waals surface area contributed by atoms with E-state index >= 15 is 0 Å². The number of alkyl halides is 1. The summed E-state index contributed by atoms with van der Waals surface area (Å²) in [5.41, 5.74) is 5.46. The third kappa shape index (κ3) is 10.0. The van der Waals surface area contributed by atoms with Gasteiger partial charge in [0, 0.05) is 11.4 Å². The smallest absolute Gasteiger partial charge is 0.00318 e. The monoisotopic (exact) mass is 245 g/mol. The van der Waals surface area contributed by atoms with Crippen molar-refractivity contribution in [1.82, 2.24) is 0 Å². The van der Waals surface area contributed by atoms with Crippen LogP contribution in [0.15, 0.2) is 0 Å². The highest BCUT2D eigenvalue weighted by Crippen LogP contribution is 1.95. The zero-order chi connectivity index (χ0) is 5.70. The Balaban J connectivity index is 0. The molecule has 0 saturated carbocycles. The lowest BCUT2D eigenvalue weighted by Crippen LogP contribution is -2.13. The minimum atomic E-state index is 0. The van der Waals surface area contributed by atoms with Gasteiger partial charge >= 0.3 is 0 Å². The van der Waals surface area contributed by atoms with Crippen molar-refractivity contribution in [2.45, 2.75) is 25.8 Å². The SMILES string of the molecule is Br.CC(N)CCCBr. The average Bonchev–Trinajstić information content (AvgIpc) is 1.61. The van der Waals surface area contributed by atoms with E-state index in [0.29, 0.717) is 6.04 Å². The molecule has 52 valence electrons. The third-order valence-corrected chi connectivity index (χ3v) is 1.35. The van der Waals surface area contributed by atoms with Gasteiger partial charge in [-0.2, -0.15) is 0 Å². The summed E-state index contributed by atoms with van der Waals surface area (Å²) >= 11 is 3.32. The van der Waals surface area contributed by atoms with Crippen molar-refractivity contribution in [1.29, 1.82) is 0 Å². The Bertz CT molecular complexity index is 39.4. The normalized spacial score (nSPS) is 12.4. The second kappa shape index (κ2) is 7.92. The maximum Gasteiger partial charge on any atom is 0.00318 e. The van der Waals surface area contributed by atoms with Gasteiger partial charge in [-0.15, -0.1) is 17.0 Å². The summed E-state index contributed by atoms with van der Waals surface area (Å²) in [5, 5.41) is 1.08. The molecule has 0 bridgehead atoms. The Morgan fingerprint density at radius 1 is 1.62 bits per heavy atom. The van der Waals surface area contributed by atoms with Crippen LogP contribution in [-0.2, 0) is 0 Å². The van der Waals surface area contributed by atoms with Crippen LogP contribution in [0.5, 0.6) is 0 Å². The van der Waals surface area contributed by atoms with Crippen LogP contribution < -0.4 is 5.73 Å². The number of halogens is 2. The molecular weight excluding hydrogens is 234 g/mol. The van der Waals surface area contributed by atoms with E-state index in [-0.39, 0.29) is 17.0 Å². The van der Waals surface area contributed by atoms with E-state index < -0.39 is 0 Å². The zero-order valence-electron chi connectivity index (χ0n) is 5.06. The Morgan fingerprint density at radius 3 is 2.25 bits per heavy atom. The molecule has 8 heavy (non-hydrogen) atoms. The number of rotatable bonds is 3. The van der Waals surface area contributed by atoms with Crippen LogP contribution in [0, 0.1) is 0 Å². The van der Waals surface area contributed by atoms with E-state index in [1.165, 1.54) is 6.42 Å². The molecule has 1 atom stereocenters. The van der Waals surface area contributed by atoms with Crippen LogP contribution in [0.4, 0.5) is 0 Å². The van der Waals surface area contributed by atoms with Gasteiger partial charge < -0.3 is 5.73 Å². The molecule has 0 aromatic heterocycles. The molecule has 1 nitrogen and oxygen atoms in total. The number of nitrogens with two attached hydrogens (primary N) is 1. The first-order chi connectivity index (χ1) is 3.27. The van der Waals surface area contributed by atoms with Gasteiger partial charge in [0.2, 0.25) is 0 Å². The highest BCUT2D eigenvalue weighted by atomic mass is 79.9. The molecule has 0 aromatic carbocycles. The largest absolute Gasteiger partial charge is 0.328 e. The average molecular weight is 247 g/mol. The van der Waals surface area contributed by atoms with E-state index in [4.69, 9.17) is 5.73 Å². The van der Waals surface area contributed by atoms with Crippen molar-refractivity contribution in [3.63, 3.8) is 0 Å². The topological polar surface area (TPSA) is 26.0 Å². The first-order valence-electron chi connectivity index (χ1n) is 2.59. The molecule has 2 N–H and O–H groups in total. The minimum absolute atomic E-state index is 0. The fourth-order valence-corrected chi connectivity index (χ4v) is 0.723. The molecule has 0 aliphatic carbocycles. The van der Waals surface area contributed by atoms with E-state index in [9.17, 15) is 0 Å². The molecule has 0 aliphatic heterocycles. The Hall–Kier alpha value is 0.920. The molecule has 0 aliphatic rings. The van der Waals surface area contributed by atoms with Gasteiger partial charge in [-0.1, -0.05) is 15.9 Å². The van der Waals surface area contributed by atoms with Gasteiger partial charge in [-0.05, 0) is 19.8 Å². The van der Waals surface area contributed by atoms with Crippen LogP contribution >= 0.6 is 32.9 Å². The summed E-state index contributed by atoms with van der Waals surface area (Å²) in [5.74, 6) is 0. The van der Waals surface area contributed by atoms with Crippen molar-refractivity contribution >= 4 is 32.9 Å². The van der Waals surface area contributed by atoms with Crippen LogP contribution in [0.25, 0.3) is 0 Å². The summed E-state index contributed by atoms with van der Waals surface area (Å²) in [7, 11) is 0. The van der Waals surface area contributed by atoms with Crippen molar-refractivity contribution in [2.75, 3.05) is 5.33 Å². The summed E-state index contributed by atoms with van der Waals surface area (Å²) in [4.78, 5) is 0. The highest BCUT2D eigenvalue weighted by Gasteiger charge is 1.89. The minimum Gasteiger partial charge on any atom is -0.328 e. The van der Waals surface area contributed by atoms with Gasteiger partial charge in [-0.25, -0.2) is 0 Å².